The number of esters is 4. The third-order valence-electron chi connectivity index (χ3n) is 17.0. The summed E-state index contributed by atoms with van der Waals surface area (Å²) in [5.74, 6) is -2.21. The molecule has 0 saturated heterocycles. The molecular formula is C79H144O17P2. The van der Waals surface area contributed by atoms with Gasteiger partial charge in [-0.3, -0.25) is 37.3 Å². The Bertz CT molecular complexity index is 2100. The first-order chi connectivity index (χ1) is 47.7. The number of carbonyl (C=O) groups is 4. The first-order valence-corrected chi connectivity index (χ1v) is 42.5. The predicted molar refractivity (Wildman–Crippen MR) is 400 cm³/mol. The maximum absolute atomic E-state index is 13.1. The molecule has 572 valence electrons. The Hall–Kier alpha value is -3.24. The Balaban J connectivity index is 5.36. The minimum Gasteiger partial charge on any atom is -0.462 e. The number of ether oxygens (including phenoxy) is 4. The van der Waals surface area contributed by atoms with Gasteiger partial charge in [-0.2, -0.15) is 0 Å². The van der Waals surface area contributed by atoms with Crippen LogP contribution in [0, 0.1) is 0 Å². The van der Waals surface area contributed by atoms with Crippen molar-refractivity contribution in [3.05, 3.63) is 60.8 Å². The lowest BCUT2D eigenvalue weighted by molar-refractivity contribution is -0.161. The normalized spacial score (nSPS) is 14.2. The molecular weight excluding hydrogens is 1280 g/mol. The zero-order chi connectivity index (χ0) is 71.8. The lowest BCUT2D eigenvalue weighted by Crippen LogP contribution is -2.30. The fourth-order valence-electron chi connectivity index (χ4n) is 10.9. The summed E-state index contributed by atoms with van der Waals surface area (Å²) < 4.78 is 68.5. The lowest BCUT2D eigenvalue weighted by Gasteiger charge is -2.21. The van der Waals surface area contributed by atoms with E-state index >= 15 is 0 Å². The second kappa shape index (κ2) is 72.1. The Morgan fingerprint density at radius 1 is 0.286 bits per heavy atom. The third kappa shape index (κ3) is 71.2. The molecule has 0 radical (unpaired) electrons. The van der Waals surface area contributed by atoms with Crippen LogP contribution < -0.4 is 0 Å². The number of hydrogen-bond acceptors (Lipinski definition) is 15. The van der Waals surface area contributed by atoms with Crippen LogP contribution in [0.2, 0.25) is 0 Å². The van der Waals surface area contributed by atoms with Crippen LogP contribution >= 0.6 is 15.6 Å². The number of aliphatic hydroxyl groups excluding tert-OH is 1. The van der Waals surface area contributed by atoms with Gasteiger partial charge in [0.05, 0.1) is 26.4 Å². The summed E-state index contributed by atoms with van der Waals surface area (Å²) in [7, 11) is -9.95. The van der Waals surface area contributed by atoms with E-state index in [2.05, 4.69) is 76.3 Å². The molecule has 0 amide bonds. The summed E-state index contributed by atoms with van der Waals surface area (Å²) in [6, 6.07) is 0. The van der Waals surface area contributed by atoms with Crippen molar-refractivity contribution in [1.29, 1.82) is 0 Å². The summed E-state index contributed by atoms with van der Waals surface area (Å²) >= 11 is 0. The minimum atomic E-state index is -4.98. The van der Waals surface area contributed by atoms with Crippen molar-refractivity contribution in [1.82, 2.24) is 0 Å². The molecule has 0 heterocycles. The SMILES string of the molecule is CCCCC/C=C\C/C=C\C/C=C\C/C=C\CCCC(=O)O[C@H](COC(=O)CCCCCCCCCCCCCCC)COP(=O)(O)OC[C@H](O)COP(=O)(O)OC[C@@H](COC(=O)CCCCCCCCC/C=C\CCCCCC)OC(=O)CCCCCCCCCCCCCCC. The Morgan fingerprint density at radius 3 is 0.847 bits per heavy atom. The van der Waals surface area contributed by atoms with E-state index in [4.69, 9.17) is 37.0 Å². The van der Waals surface area contributed by atoms with Gasteiger partial charge in [-0.1, -0.05) is 307 Å². The van der Waals surface area contributed by atoms with Gasteiger partial charge in [0, 0.05) is 25.7 Å². The maximum Gasteiger partial charge on any atom is 0.472 e. The van der Waals surface area contributed by atoms with Gasteiger partial charge in [0.25, 0.3) is 0 Å². The Morgan fingerprint density at radius 2 is 0.510 bits per heavy atom. The highest BCUT2D eigenvalue weighted by Crippen LogP contribution is 2.45. The van der Waals surface area contributed by atoms with E-state index in [-0.39, 0.29) is 25.7 Å². The number of hydrogen-bond donors (Lipinski definition) is 3. The quantitative estimate of drug-likeness (QED) is 0.0169. The van der Waals surface area contributed by atoms with Crippen LogP contribution in [0.25, 0.3) is 0 Å². The molecule has 3 N–H and O–H groups in total. The monoisotopic (exact) mass is 1430 g/mol. The molecule has 2 unspecified atom stereocenters. The fraction of sp³-hybridized carbons (Fsp3) is 0.823. The van der Waals surface area contributed by atoms with E-state index in [1.165, 1.54) is 167 Å². The van der Waals surface area contributed by atoms with Crippen molar-refractivity contribution in [3.8, 4) is 0 Å². The van der Waals surface area contributed by atoms with Gasteiger partial charge in [0.15, 0.2) is 12.2 Å². The molecule has 0 aliphatic rings. The van der Waals surface area contributed by atoms with Crippen LogP contribution in [-0.4, -0.2) is 96.7 Å². The van der Waals surface area contributed by atoms with Crippen molar-refractivity contribution in [3.63, 3.8) is 0 Å². The van der Waals surface area contributed by atoms with Crippen molar-refractivity contribution in [2.75, 3.05) is 39.6 Å². The van der Waals surface area contributed by atoms with Crippen LogP contribution in [0.4, 0.5) is 0 Å². The second-order valence-electron chi connectivity index (χ2n) is 26.7. The predicted octanol–water partition coefficient (Wildman–Crippen LogP) is 22.7. The molecule has 19 heteroatoms. The lowest BCUT2D eigenvalue weighted by atomic mass is 10.0. The van der Waals surface area contributed by atoms with E-state index in [0.717, 1.165) is 109 Å². The second-order valence-corrected chi connectivity index (χ2v) is 29.6. The molecule has 0 aliphatic carbocycles. The molecule has 5 atom stereocenters. The molecule has 0 spiro atoms. The molecule has 0 saturated carbocycles. The third-order valence-corrected chi connectivity index (χ3v) is 18.9. The number of phosphoric ester groups is 2. The molecule has 0 bridgehead atoms. The number of allylic oxidation sites excluding steroid dienone is 10. The molecule has 0 aromatic heterocycles. The van der Waals surface area contributed by atoms with Crippen molar-refractivity contribution in [2.24, 2.45) is 0 Å². The van der Waals surface area contributed by atoms with Crippen LogP contribution in [-0.2, 0) is 65.4 Å². The van der Waals surface area contributed by atoms with E-state index in [1.54, 1.807) is 0 Å². The van der Waals surface area contributed by atoms with Gasteiger partial charge < -0.3 is 33.8 Å². The van der Waals surface area contributed by atoms with Gasteiger partial charge in [-0.05, 0) is 89.9 Å². The molecule has 98 heavy (non-hydrogen) atoms. The zero-order valence-electron chi connectivity index (χ0n) is 62.5. The molecule has 0 aromatic carbocycles. The first kappa shape index (κ1) is 94.8. The maximum atomic E-state index is 13.1. The number of phosphoric acid groups is 2. The van der Waals surface area contributed by atoms with Crippen molar-refractivity contribution < 1.29 is 80.2 Å². The van der Waals surface area contributed by atoms with Gasteiger partial charge in [-0.15, -0.1) is 0 Å². The Kier molecular flexibility index (Phi) is 69.7. The van der Waals surface area contributed by atoms with Crippen LogP contribution in [0.1, 0.15) is 362 Å². The topological polar surface area (TPSA) is 237 Å². The van der Waals surface area contributed by atoms with Gasteiger partial charge in [-0.25, -0.2) is 9.13 Å². The largest absolute Gasteiger partial charge is 0.472 e. The molecule has 0 rings (SSSR count). The summed E-state index contributed by atoms with van der Waals surface area (Å²) in [5, 5.41) is 10.6. The Labute approximate surface area is 597 Å². The van der Waals surface area contributed by atoms with Crippen molar-refractivity contribution in [2.45, 2.75) is 380 Å². The average molecular weight is 1430 g/mol. The zero-order valence-corrected chi connectivity index (χ0v) is 64.3. The summed E-state index contributed by atoms with van der Waals surface area (Å²) in [4.78, 5) is 72.9. The highest BCUT2D eigenvalue weighted by atomic mass is 31.2. The van der Waals surface area contributed by atoms with E-state index in [0.29, 0.717) is 32.1 Å². The van der Waals surface area contributed by atoms with Crippen LogP contribution in [0.3, 0.4) is 0 Å². The molecule has 0 aromatic rings. The van der Waals surface area contributed by atoms with E-state index in [1.807, 2.05) is 12.2 Å². The standard InChI is InChI=1S/C79H144O17P2/c1-5-9-13-17-21-25-29-33-35-36-38-42-46-50-54-58-62-66-79(84)96-75(69-89-76(81)63-59-55-51-47-43-39-31-27-23-19-15-11-7-3)72-94-98(87,88)92-68-73(80)67-91-97(85,86)93-71-74(95-78(83)65-61-57-53-49-45-40-32-28-24-20-16-12-8-4)70-90-77(82)64-60-56-52-48-44-41-37-34-30-26-22-18-14-10-6-2/h21,25-26,30,33,35,38,42,50,54,73-75,80H,5-20,22-24,27-29,31-32,34,36-37,39-41,43-49,51-53,55-72H2,1-4H3,(H,85,86)(H,87,88)/b25-21-,30-26-,35-33-,42-38-,54-50-/t73-,74-,75-/m1/s1. The number of unbranched alkanes of at least 4 members (excludes halogenated alkanes) is 39. The fourth-order valence-corrected chi connectivity index (χ4v) is 12.5. The number of aliphatic hydroxyl groups is 1. The summed E-state index contributed by atoms with van der Waals surface area (Å²) in [6.45, 7) is 4.83. The van der Waals surface area contributed by atoms with E-state index in [9.17, 15) is 43.2 Å². The highest BCUT2D eigenvalue weighted by Gasteiger charge is 2.30. The van der Waals surface area contributed by atoms with Gasteiger partial charge >= 0.3 is 39.5 Å². The summed E-state index contributed by atoms with van der Waals surface area (Å²) in [6.07, 6.45) is 70.6. The molecule has 0 aliphatic heterocycles. The molecule has 0 fully saturated rings. The summed E-state index contributed by atoms with van der Waals surface area (Å²) in [5.41, 5.74) is 0. The molecule has 17 nitrogen and oxygen atoms in total. The minimum absolute atomic E-state index is 0.0244. The smallest absolute Gasteiger partial charge is 0.462 e. The average Bonchev–Trinajstić information content (AvgIpc) is 1.02. The number of rotatable bonds is 75. The van der Waals surface area contributed by atoms with Crippen LogP contribution in [0.15, 0.2) is 60.8 Å². The highest BCUT2D eigenvalue weighted by molar-refractivity contribution is 7.47. The van der Waals surface area contributed by atoms with Crippen LogP contribution in [0.5, 0.6) is 0 Å². The van der Waals surface area contributed by atoms with Gasteiger partial charge in [0.1, 0.15) is 19.3 Å². The van der Waals surface area contributed by atoms with Gasteiger partial charge in [0.2, 0.25) is 0 Å². The van der Waals surface area contributed by atoms with E-state index < -0.39 is 97.5 Å². The first-order valence-electron chi connectivity index (χ1n) is 39.5. The number of carbonyl (C=O) groups excluding carboxylic acids is 4. The van der Waals surface area contributed by atoms with Crippen molar-refractivity contribution >= 4 is 39.5 Å².